The summed E-state index contributed by atoms with van der Waals surface area (Å²) in [4.78, 5) is 6.77. The summed E-state index contributed by atoms with van der Waals surface area (Å²) in [5, 5.41) is 1.16. The van der Waals surface area contributed by atoms with Gasteiger partial charge in [-0.15, -0.1) is 0 Å². The second-order valence-electron chi connectivity index (χ2n) is 7.43. The number of nitrogens with zero attached hydrogens (tertiary/aromatic N) is 2. The third-order valence-corrected chi connectivity index (χ3v) is 6.57. The molecule has 1 aromatic carbocycles. The van der Waals surface area contributed by atoms with Gasteiger partial charge in [0, 0.05) is 30.6 Å². The number of ether oxygens (including phenoxy) is 4. The van der Waals surface area contributed by atoms with Gasteiger partial charge in [0.05, 0.1) is 45.4 Å². The van der Waals surface area contributed by atoms with Crippen LogP contribution in [-0.4, -0.2) is 54.9 Å². The van der Waals surface area contributed by atoms with E-state index in [-0.39, 0.29) is 5.75 Å². The van der Waals surface area contributed by atoms with Crippen molar-refractivity contribution in [2.24, 2.45) is 0 Å². The fourth-order valence-corrected chi connectivity index (χ4v) is 4.68. The highest BCUT2D eigenvalue weighted by atomic mass is 32.2. The largest absolute Gasteiger partial charge is 0.496 e. The van der Waals surface area contributed by atoms with E-state index in [9.17, 15) is 8.42 Å². The number of benzene rings is 1. The highest BCUT2D eigenvalue weighted by Gasteiger charge is 2.19. The second kappa shape index (κ2) is 10.6. The van der Waals surface area contributed by atoms with Crippen LogP contribution in [0.2, 0.25) is 0 Å². The summed E-state index contributed by atoms with van der Waals surface area (Å²) in [7, 11) is 2.53. The first kappa shape index (κ1) is 23.7. The molecule has 1 aliphatic rings. The molecule has 0 atom stereocenters. The Morgan fingerprint density at radius 2 is 1.53 bits per heavy atom. The molecule has 1 saturated heterocycles. The van der Waals surface area contributed by atoms with Crippen LogP contribution in [0.25, 0.3) is 6.08 Å². The zero-order valence-electron chi connectivity index (χ0n) is 19.0. The van der Waals surface area contributed by atoms with Gasteiger partial charge in [-0.3, -0.25) is 0 Å². The van der Waals surface area contributed by atoms with Crippen LogP contribution in [-0.2, 0) is 15.6 Å². The summed E-state index contributed by atoms with van der Waals surface area (Å²) in [5.74, 6) is 2.56. The van der Waals surface area contributed by atoms with Crippen molar-refractivity contribution in [3.8, 4) is 23.0 Å². The Labute approximate surface area is 189 Å². The van der Waals surface area contributed by atoms with Crippen molar-refractivity contribution in [1.82, 2.24) is 4.98 Å². The number of pyridine rings is 1. The average Bonchev–Trinajstić information content (AvgIpc) is 2.82. The van der Waals surface area contributed by atoms with E-state index in [0.29, 0.717) is 40.1 Å². The maximum atomic E-state index is 12.9. The van der Waals surface area contributed by atoms with Gasteiger partial charge in [0.15, 0.2) is 21.4 Å². The van der Waals surface area contributed by atoms with E-state index in [0.717, 1.165) is 31.3 Å². The lowest BCUT2D eigenvalue weighted by Gasteiger charge is -2.29. The molecule has 0 unspecified atom stereocenters. The van der Waals surface area contributed by atoms with E-state index >= 15 is 0 Å². The summed E-state index contributed by atoms with van der Waals surface area (Å²) in [6.45, 7) is 1.77. The fourth-order valence-electron chi connectivity index (χ4n) is 3.67. The number of methoxy groups -OCH3 is 4. The van der Waals surface area contributed by atoms with Crippen LogP contribution in [0.15, 0.2) is 29.7 Å². The molecule has 8 nitrogen and oxygen atoms in total. The number of anilines is 1. The monoisotopic (exact) mass is 462 g/mol. The molecule has 32 heavy (non-hydrogen) atoms. The Morgan fingerprint density at radius 1 is 0.906 bits per heavy atom. The predicted molar refractivity (Wildman–Crippen MR) is 125 cm³/mol. The summed E-state index contributed by atoms with van der Waals surface area (Å²) in [5.41, 5.74) is 0.973. The Kier molecular flexibility index (Phi) is 7.84. The number of sulfone groups is 1. The van der Waals surface area contributed by atoms with E-state index < -0.39 is 9.84 Å². The lowest BCUT2D eigenvalue weighted by molar-refractivity contribution is 0.374. The molecular weight excluding hydrogens is 432 g/mol. The van der Waals surface area contributed by atoms with Gasteiger partial charge in [0.25, 0.3) is 0 Å². The van der Waals surface area contributed by atoms with Gasteiger partial charge < -0.3 is 23.8 Å². The zero-order valence-corrected chi connectivity index (χ0v) is 19.8. The molecule has 1 aliphatic heterocycles. The quantitative estimate of drug-likeness (QED) is 0.558. The topological polar surface area (TPSA) is 87.2 Å². The minimum Gasteiger partial charge on any atom is -0.496 e. The molecule has 1 aromatic heterocycles. The third-order valence-electron chi connectivity index (χ3n) is 5.32. The highest BCUT2D eigenvalue weighted by molar-refractivity contribution is 7.93. The molecule has 174 valence electrons. The molecule has 2 aromatic rings. The van der Waals surface area contributed by atoms with Crippen molar-refractivity contribution in [2.75, 3.05) is 46.4 Å². The van der Waals surface area contributed by atoms with Crippen LogP contribution >= 0.6 is 0 Å². The van der Waals surface area contributed by atoms with Gasteiger partial charge in [-0.2, -0.15) is 0 Å². The number of rotatable bonds is 9. The van der Waals surface area contributed by atoms with Crippen molar-refractivity contribution in [1.29, 1.82) is 0 Å². The van der Waals surface area contributed by atoms with Crippen molar-refractivity contribution in [3.05, 3.63) is 40.9 Å². The molecule has 0 aliphatic carbocycles. The predicted octanol–water partition coefficient (Wildman–Crippen LogP) is 3.69. The molecule has 9 heteroatoms. The van der Waals surface area contributed by atoms with E-state index in [4.69, 9.17) is 18.9 Å². The first-order valence-corrected chi connectivity index (χ1v) is 12.1. The minimum absolute atomic E-state index is 0.227. The Morgan fingerprint density at radius 3 is 2.09 bits per heavy atom. The maximum absolute atomic E-state index is 12.9. The van der Waals surface area contributed by atoms with Crippen LogP contribution in [0.4, 0.5) is 5.82 Å². The first-order valence-electron chi connectivity index (χ1n) is 10.4. The fraction of sp³-hybridized carbons (Fsp3) is 0.435. The minimum atomic E-state index is -3.61. The molecular formula is C23H30N2O6S. The molecule has 1 fully saturated rings. The SMILES string of the molecule is COc1cc(OC)c(/C=C/S(=O)(=O)Cc2ccc(OC)c(N3CCCCC3)n2)c(OC)c1. The number of hydrogen-bond acceptors (Lipinski definition) is 8. The Balaban J connectivity index is 1.86. The number of hydrogen-bond donors (Lipinski definition) is 0. The molecule has 3 rings (SSSR count). The van der Waals surface area contributed by atoms with Crippen molar-refractivity contribution in [2.45, 2.75) is 25.0 Å². The normalized spacial score (nSPS) is 14.4. The summed E-state index contributed by atoms with van der Waals surface area (Å²) in [6.07, 6.45) is 4.83. The van der Waals surface area contributed by atoms with Crippen molar-refractivity contribution < 1.29 is 27.4 Å². The summed E-state index contributed by atoms with van der Waals surface area (Å²) < 4.78 is 47.2. The van der Waals surface area contributed by atoms with Crippen LogP contribution in [0.1, 0.15) is 30.5 Å². The third kappa shape index (κ3) is 5.64. The summed E-state index contributed by atoms with van der Waals surface area (Å²) >= 11 is 0. The van der Waals surface area contributed by atoms with E-state index in [1.165, 1.54) is 33.8 Å². The average molecular weight is 463 g/mol. The van der Waals surface area contributed by atoms with Gasteiger partial charge in [0.2, 0.25) is 0 Å². The van der Waals surface area contributed by atoms with E-state index in [1.807, 2.05) is 0 Å². The van der Waals surface area contributed by atoms with Crippen molar-refractivity contribution in [3.63, 3.8) is 0 Å². The van der Waals surface area contributed by atoms with Crippen LogP contribution < -0.4 is 23.8 Å². The lowest BCUT2D eigenvalue weighted by Crippen LogP contribution is -2.30. The van der Waals surface area contributed by atoms with Crippen LogP contribution in [0, 0.1) is 0 Å². The number of aromatic nitrogens is 1. The van der Waals surface area contributed by atoms with Gasteiger partial charge in [-0.05, 0) is 37.5 Å². The van der Waals surface area contributed by atoms with Gasteiger partial charge in [-0.1, -0.05) is 0 Å². The van der Waals surface area contributed by atoms with Crippen LogP contribution in [0.5, 0.6) is 23.0 Å². The first-order chi connectivity index (χ1) is 15.4. The second-order valence-corrected chi connectivity index (χ2v) is 9.32. The van der Waals surface area contributed by atoms with Gasteiger partial charge in [0.1, 0.15) is 17.2 Å². The molecule has 0 N–H and O–H groups in total. The molecule has 0 bridgehead atoms. The standard InChI is InChI=1S/C23H30N2O6S/c1-28-18-14-21(30-3)19(22(15-18)31-4)10-13-32(26,27)16-17-8-9-20(29-2)23(24-17)25-11-6-5-7-12-25/h8-10,13-15H,5-7,11-12,16H2,1-4H3/b13-10+. The zero-order chi connectivity index (χ0) is 23.1. The van der Waals surface area contributed by atoms with Gasteiger partial charge >= 0.3 is 0 Å². The van der Waals surface area contributed by atoms with Crippen LogP contribution in [0.3, 0.4) is 0 Å². The molecule has 2 heterocycles. The molecule has 0 amide bonds. The highest BCUT2D eigenvalue weighted by Crippen LogP contribution is 2.35. The van der Waals surface area contributed by atoms with Gasteiger partial charge in [-0.25, -0.2) is 13.4 Å². The summed E-state index contributed by atoms with van der Waals surface area (Å²) in [6, 6.07) is 6.81. The van der Waals surface area contributed by atoms with E-state index in [2.05, 4.69) is 9.88 Å². The lowest BCUT2D eigenvalue weighted by atomic mass is 10.1. The Hall–Kier alpha value is -2.94. The maximum Gasteiger partial charge on any atom is 0.177 e. The Bertz CT molecular complexity index is 1040. The molecule has 0 saturated carbocycles. The number of piperidine rings is 1. The molecule has 0 radical (unpaired) electrons. The molecule has 0 spiro atoms. The van der Waals surface area contributed by atoms with E-state index in [1.54, 1.807) is 31.4 Å². The smallest absolute Gasteiger partial charge is 0.177 e. The van der Waals surface area contributed by atoms with Crippen molar-refractivity contribution >= 4 is 21.7 Å².